The van der Waals surface area contributed by atoms with Crippen LogP contribution < -0.4 is 0 Å². The Morgan fingerprint density at radius 1 is 0.938 bits per heavy atom. The summed E-state index contributed by atoms with van der Waals surface area (Å²) in [5, 5.41) is 19.4. The topological polar surface area (TPSA) is 43.7 Å². The maximum Gasteiger partial charge on any atom is 0.115 e. The highest BCUT2D eigenvalue weighted by Crippen LogP contribution is 2.37. The molecule has 0 atom stereocenters. The zero-order chi connectivity index (χ0) is 22.5. The van der Waals surface area contributed by atoms with Crippen LogP contribution in [0, 0.1) is 5.92 Å². The summed E-state index contributed by atoms with van der Waals surface area (Å²) >= 11 is 0. The molecule has 2 fully saturated rings. The Morgan fingerprint density at radius 3 is 2.25 bits per heavy atom. The highest BCUT2D eigenvalue weighted by molar-refractivity contribution is 5.98. The summed E-state index contributed by atoms with van der Waals surface area (Å²) in [4.78, 5) is 2.61. The second kappa shape index (κ2) is 10.3. The summed E-state index contributed by atoms with van der Waals surface area (Å²) < 4.78 is 0. The maximum absolute atomic E-state index is 9.83. The molecule has 0 amide bonds. The molecule has 1 aliphatic heterocycles. The smallest absolute Gasteiger partial charge is 0.115 e. The lowest BCUT2D eigenvalue weighted by Crippen LogP contribution is -2.48. The van der Waals surface area contributed by atoms with Crippen molar-refractivity contribution in [3.8, 4) is 5.75 Å². The first-order valence-corrected chi connectivity index (χ1v) is 11.8. The van der Waals surface area contributed by atoms with E-state index in [1.165, 1.54) is 53.8 Å². The Balaban J connectivity index is 1.69. The van der Waals surface area contributed by atoms with Crippen molar-refractivity contribution in [1.29, 1.82) is 0 Å². The third kappa shape index (κ3) is 5.40. The van der Waals surface area contributed by atoms with Crippen LogP contribution in [-0.2, 0) is 0 Å². The normalized spacial score (nSPS) is 19.0. The molecule has 168 valence electrons. The first-order valence-electron chi connectivity index (χ1n) is 11.8. The third-order valence-electron chi connectivity index (χ3n) is 6.77. The molecule has 1 saturated carbocycles. The maximum atomic E-state index is 9.83. The Morgan fingerprint density at radius 2 is 1.62 bits per heavy atom. The highest BCUT2D eigenvalue weighted by Gasteiger charge is 2.38. The zero-order valence-corrected chi connectivity index (χ0v) is 19.3. The van der Waals surface area contributed by atoms with Crippen LogP contribution in [0.3, 0.4) is 0 Å². The lowest BCUT2D eigenvalue weighted by atomic mass is 9.86. The van der Waals surface area contributed by atoms with Crippen molar-refractivity contribution < 1.29 is 10.2 Å². The molecule has 3 heteroatoms. The minimum atomic E-state index is 0.167. The van der Waals surface area contributed by atoms with Crippen LogP contribution >= 0.6 is 0 Å². The van der Waals surface area contributed by atoms with Crippen LogP contribution in [0.1, 0.15) is 50.7 Å². The second-order valence-corrected chi connectivity index (χ2v) is 9.24. The molecular weight excluding hydrogens is 394 g/mol. The number of aliphatic hydroxyl groups is 1. The number of allylic oxidation sites excluding steroid dienone is 5. The number of phenolic OH excluding ortho intramolecular Hbond substituents is 1. The van der Waals surface area contributed by atoms with Crippen molar-refractivity contribution in [2.24, 2.45) is 5.92 Å². The van der Waals surface area contributed by atoms with E-state index in [9.17, 15) is 10.2 Å². The third-order valence-corrected chi connectivity index (χ3v) is 6.77. The van der Waals surface area contributed by atoms with E-state index in [0.29, 0.717) is 12.3 Å². The number of rotatable bonds is 9. The lowest BCUT2D eigenvalue weighted by molar-refractivity contribution is 0.114. The van der Waals surface area contributed by atoms with Crippen LogP contribution in [0.4, 0.5) is 0 Å². The largest absolute Gasteiger partial charge is 0.508 e. The molecule has 32 heavy (non-hydrogen) atoms. The van der Waals surface area contributed by atoms with Crippen LogP contribution in [0.15, 0.2) is 77.9 Å². The van der Waals surface area contributed by atoms with E-state index in [-0.39, 0.29) is 12.4 Å². The Labute approximate surface area is 192 Å². The summed E-state index contributed by atoms with van der Waals surface area (Å²) in [6.07, 6.45) is 8.81. The fourth-order valence-corrected chi connectivity index (χ4v) is 4.59. The van der Waals surface area contributed by atoms with Crippen molar-refractivity contribution in [3.63, 3.8) is 0 Å². The quantitative estimate of drug-likeness (QED) is 0.376. The fourth-order valence-electron chi connectivity index (χ4n) is 4.59. The summed E-state index contributed by atoms with van der Waals surface area (Å²) in [5.41, 5.74) is 7.32. The number of hydrogen-bond acceptors (Lipinski definition) is 3. The van der Waals surface area contributed by atoms with Crippen molar-refractivity contribution in [3.05, 3.63) is 89.0 Å². The zero-order valence-electron chi connectivity index (χ0n) is 19.3. The van der Waals surface area contributed by atoms with Crippen molar-refractivity contribution in [2.45, 2.75) is 45.6 Å². The van der Waals surface area contributed by atoms with Crippen LogP contribution in [0.2, 0.25) is 0 Å². The molecule has 0 unspecified atom stereocenters. The molecule has 0 radical (unpaired) electrons. The van der Waals surface area contributed by atoms with Gasteiger partial charge in [0.2, 0.25) is 0 Å². The number of nitrogens with zero attached hydrogens (tertiary/aromatic N) is 1. The number of hydrogen-bond donors (Lipinski definition) is 2. The van der Waals surface area contributed by atoms with E-state index < -0.39 is 0 Å². The first kappa shape index (κ1) is 22.6. The number of phenols is 1. The van der Waals surface area contributed by atoms with Crippen LogP contribution in [-0.4, -0.2) is 40.9 Å². The predicted molar refractivity (Wildman–Crippen MR) is 133 cm³/mol. The first-order chi connectivity index (χ1) is 15.6. The van der Waals surface area contributed by atoms with Gasteiger partial charge in [-0.3, -0.25) is 4.90 Å². The molecule has 2 aromatic carbocycles. The fraction of sp³-hybridized carbons (Fsp3) is 0.379. The van der Waals surface area contributed by atoms with Gasteiger partial charge in [0, 0.05) is 31.7 Å². The van der Waals surface area contributed by atoms with Gasteiger partial charge >= 0.3 is 0 Å². The molecule has 0 aromatic heterocycles. The van der Waals surface area contributed by atoms with Crippen LogP contribution in [0.25, 0.3) is 11.1 Å². The summed E-state index contributed by atoms with van der Waals surface area (Å²) in [6, 6.07) is 18.8. The second-order valence-electron chi connectivity index (χ2n) is 9.24. The van der Waals surface area contributed by atoms with Gasteiger partial charge < -0.3 is 10.2 Å². The Hall–Kier alpha value is -2.62. The number of likely N-dealkylation sites (tertiary alicyclic amines) is 1. The molecule has 3 nitrogen and oxygen atoms in total. The molecular formula is C29H35NO2. The molecule has 0 bridgehead atoms. The van der Waals surface area contributed by atoms with Crippen molar-refractivity contribution in [2.75, 3.05) is 19.7 Å². The molecule has 1 heterocycles. The van der Waals surface area contributed by atoms with Gasteiger partial charge in [0.05, 0.1) is 0 Å². The predicted octanol–water partition coefficient (Wildman–Crippen LogP) is 6.06. The summed E-state index contributed by atoms with van der Waals surface area (Å²) in [6.45, 7) is 7.00. The molecule has 1 saturated heterocycles. The van der Waals surface area contributed by atoms with Gasteiger partial charge in [-0.2, -0.15) is 0 Å². The summed E-state index contributed by atoms with van der Waals surface area (Å²) in [7, 11) is 0. The summed E-state index contributed by atoms with van der Waals surface area (Å²) in [5.74, 6) is 0.941. The lowest BCUT2D eigenvalue weighted by Gasteiger charge is -2.40. The highest BCUT2D eigenvalue weighted by atomic mass is 16.3. The molecule has 1 aliphatic carbocycles. The van der Waals surface area contributed by atoms with E-state index >= 15 is 0 Å². The van der Waals surface area contributed by atoms with Gasteiger partial charge in [-0.15, -0.1) is 0 Å². The molecule has 4 rings (SSSR count). The average molecular weight is 430 g/mol. The molecule has 0 spiro atoms. The van der Waals surface area contributed by atoms with Gasteiger partial charge in [-0.25, -0.2) is 0 Å². The van der Waals surface area contributed by atoms with Crippen LogP contribution in [0.5, 0.6) is 5.75 Å². The van der Waals surface area contributed by atoms with Gasteiger partial charge in [0.15, 0.2) is 0 Å². The SMILES string of the molecule is CC(=C\C=C(/C)C1CN(C2CC2)C1)/C(=C(/CCCO)c1ccccc1)c1ccc(O)cc1. The number of aromatic hydroxyl groups is 1. The van der Waals surface area contributed by atoms with E-state index in [2.05, 4.69) is 55.2 Å². The van der Waals surface area contributed by atoms with Crippen molar-refractivity contribution >= 4 is 11.1 Å². The molecule has 2 aliphatic rings. The monoisotopic (exact) mass is 429 g/mol. The average Bonchev–Trinajstić information content (AvgIpc) is 3.60. The van der Waals surface area contributed by atoms with E-state index in [0.717, 1.165) is 18.0 Å². The Kier molecular flexibility index (Phi) is 7.29. The number of aliphatic hydroxyl groups excluding tert-OH is 1. The van der Waals surface area contributed by atoms with E-state index in [1.807, 2.05) is 18.2 Å². The standard InChI is InChI=1S/C29H35NO2/c1-21(25-19-30(20-25)26-14-15-26)10-11-22(2)29(24-12-16-27(32)17-13-24)28(9-6-18-31)23-7-4-3-5-8-23/h3-5,7-8,10-13,16-17,25-26,31-32H,6,9,14-15,18-20H2,1-2H3/b21-10+,22-11+,29-28+. The van der Waals surface area contributed by atoms with Gasteiger partial charge in [-0.05, 0) is 79.5 Å². The minimum absolute atomic E-state index is 0.167. The Bertz CT molecular complexity index is 991. The minimum Gasteiger partial charge on any atom is -0.508 e. The van der Waals surface area contributed by atoms with Gasteiger partial charge in [-0.1, -0.05) is 60.2 Å². The van der Waals surface area contributed by atoms with E-state index in [1.54, 1.807) is 12.1 Å². The molecule has 2 N–H and O–H groups in total. The van der Waals surface area contributed by atoms with Gasteiger partial charge in [0.1, 0.15) is 5.75 Å². The van der Waals surface area contributed by atoms with Crippen molar-refractivity contribution in [1.82, 2.24) is 4.90 Å². The van der Waals surface area contributed by atoms with E-state index in [4.69, 9.17) is 0 Å². The molecule has 2 aromatic rings. The number of benzene rings is 2. The van der Waals surface area contributed by atoms with Gasteiger partial charge in [0.25, 0.3) is 0 Å².